The molecular formula is C13H26N2O2. The lowest BCUT2D eigenvalue weighted by molar-refractivity contribution is -0.136. The summed E-state index contributed by atoms with van der Waals surface area (Å²) in [6.45, 7) is 6.38. The summed E-state index contributed by atoms with van der Waals surface area (Å²) in [6, 6.07) is -0.324. The van der Waals surface area contributed by atoms with E-state index in [2.05, 4.69) is 6.92 Å². The Morgan fingerprint density at radius 1 is 1.53 bits per heavy atom. The van der Waals surface area contributed by atoms with E-state index < -0.39 is 0 Å². The molecule has 1 aliphatic heterocycles. The first kappa shape index (κ1) is 14.5. The molecule has 1 unspecified atom stereocenters. The molecule has 0 bridgehead atoms. The van der Waals surface area contributed by atoms with Crippen LogP contribution in [-0.4, -0.2) is 42.6 Å². The Morgan fingerprint density at radius 3 is 2.94 bits per heavy atom. The number of rotatable bonds is 6. The third kappa shape index (κ3) is 4.64. The van der Waals surface area contributed by atoms with E-state index in [-0.39, 0.29) is 18.1 Å². The molecule has 2 atom stereocenters. The second kappa shape index (κ2) is 7.67. The van der Waals surface area contributed by atoms with Gasteiger partial charge in [0.2, 0.25) is 5.91 Å². The van der Waals surface area contributed by atoms with Crippen LogP contribution in [0.4, 0.5) is 0 Å². The molecule has 100 valence electrons. The van der Waals surface area contributed by atoms with Crippen LogP contribution in [0.2, 0.25) is 0 Å². The van der Waals surface area contributed by atoms with Crippen molar-refractivity contribution in [3.8, 4) is 0 Å². The largest absolute Gasteiger partial charge is 0.377 e. The number of hydrogen-bond acceptors (Lipinski definition) is 3. The van der Waals surface area contributed by atoms with Crippen LogP contribution >= 0.6 is 0 Å². The molecule has 1 amide bonds. The van der Waals surface area contributed by atoms with Gasteiger partial charge in [0.15, 0.2) is 0 Å². The highest BCUT2D eigenvalue weighted by atomic mass is 16.5. The molecule has 1 heterocycles. The van der Waals surface area contributed by atoms with E-state index in [1.807, 2.05) is 11.8 Å². The molecule has 1 aliphatic rings. The van der Waals surface area contributed by atoms with Crippen molar-refractivity contribution in [1.82, 2.24) is 4.90 Å². The second-order valence-corrected chi connectivity index (χ2v) is 4.75. The summed E-state index contributed by atoms with van der Waals surface area (Å²) in [5.41, 5.74) is 5.92. The van der Waals surface area contributed by atoms with Gasteiger partial charge < -0.3 is 15.4 Å². The highest BCUT2D eigenvalue weighted by molar-refractivity contribution is 5.81. The summed E-state index contributed by atoms with van der Waals surface area (Å²) in [4.78, 5) is 14.0. The first-order valence-corrected chi connectivity index (χ1v) is 6.85. The minimum atomic E-state index is -0.324. The fourth-order valence-electron chi connectivity index (χ4n) is 2.29. The zero-order valence-electron chi connectivity index (χ0n) is 11.2. The van der Waals surface area contributed by atoms with E-state index in [1.165, 1.54) is 0 Å². The van der Waals surface area contributed by atoms with E-state index in [0.717, 1.165) is 38.6 Å². The van der Waals surface area contributed by atoms with E-state index >= 15 is 0 Å². The Hall–Kier alpha value is -0.610. The molecule has 1 fully saturated rings. The van der Waals surface area contributed by atoms with Crippen LogP contribution in [0.15, 0.2) is 0 Å². The van der Waals surface area contributed by atoms with Crippen LogP contribution in [0.5, 0.6) is 0 Å². The molecule has 0 saturated carbocycles. The van der Waals surface area contributed by atoms with Gasteiger partial charge in [-0.15, -0.1) is 0 Å². The van der Waals surface area contributed by atoms with Crippen LogP contribution in [0.25, 0.3) is 0 Å². The SMILES string of the molecule is CCCC[C@H](N)C(=O)N1CCCC(OCC)C1. The molecule has 17 heavy (non-hydrogen) atoms. The number of carbonyl (C=O) groups excluding carboxylic acids is 1. The zero-order chi connectivity index (χ0) is 12.7. The maximum absolute atomic E-state index is 12.1. The fraction of sp³-hybridized carbons (Fsp3) is 0.923. The summed E-state index contributed by atoms with van der Waals surface area (Å²) in [6.07, 6.45) is 5.19. The second-order valence-electron chi connectivity index (χ2n) is 4.75. The van der Waals surface area contributed by atoms with E-state index in [1.54, 1.807) is 0 Å². The molecule has 0 radical (unpaired) electrons. The van der Waals surface area contributed by atoms with Crippen LogP contribution in [0, 0.1) is 0 Å². The highest BCUT2D eigenvalue weighted by Gasteiger charge is 2.26. The number of ether oxygens (including phenoxy) is 1. The Morgan fingerprint density at radius 2 is 2.29 bits per heavy atom. The van der Waals surface area contributed by atoms with Crippen LogP contribution in [0.1, 0.15) is 46.0 Å². The predicted molar refractivity (Wildman–Crippen MR) is 68.7 cm³/mol. The van der Waals surface area contributed by atoms with Crippen molar-refractivity contribution < 1.29 is 9.53 Å². The topological polar surface area (TPSA) is 55.6 Å². The normalized spacial score (nSPS) is 22.5. The molecule has 0 aromatic carbocycles. The van der Waals surface area contributed by atoms with Crippen molar-refractivity contribution >= 4 is 5.91 Å². The zero-order valence-corrected chi connectivity index (χ0v) is 11.2. The number of hydrogen-bond donors (Lipinski definition) is 1. The van der Waals surface area contributed by atoms with Gasteiger partial charge in [0.1, 0.15) is 0 Å². The minimum Gasteiger partial charge on any atom is -0.377 e. The third-order valence-corrected chi connectivity index (χ3v) is 3.28. The maximum atomic E-state index is 12.1. The lowest BCUT2D eigenvalue weighted by Gasteiger charge is -2.34. The smallest absolute Gasteiger partial charge is 0.239 e. The first-order valence-electron chi connectivity index (χ1n) is 6.85. The molecule has 0 spiro atoms. The van der Waals surface area contributed by atoms with E-state index in [4.69, 9.17) is 10.5 Å². The molecule has 0 aromatic heterocycles. The Kier molecular flexibility index (Phi) is 6.52. The van der Waals surface area contributed by atoms with Crippen molar-refractivity contribution in [2.24, 2.45) is 5.73 Å². The number of amides is 1. The van der Waals surface area contributed by atoms with Gasteiger partial charge in [0.25, 0.3) is 0 Å². The van der Waals surface area contributed by atoms with Gasteiger partial charge in [0.05, 0.1) is 12.1 Å². The minimum absolute atomic E-state index is 0.0999. The fourth-order valence-corrected chi connectivity index (χ4v) is 2.29. The van der Waals surface area contributed by atoms with Crippen molar-refractivity contribution in [3.63, 3.8) is 0 Å². The molecule has 2 N–H and O–H groups in total. The average Bonchev–Trinajstić information content (AvgIpc) is 2.35. The molecule has 0 aromatic rings. The Labute approximate surface area is 104 Å². The molecule has 4 nitrogen and oxygen atoms in total. The summed E-state index contributed by atoms with van der Waals surface area (Å²) in [7, 11) is 0. The standard InChI is InChI=1S/C13H26N2O2/c1-3-5-8-12(14)13(16)15-9-6-7-11(10-15)17-4-2/h11-12H,3-10,14H2,1-2H3/t11?,12-/m0/s1. The molecule has 4 heteroatoms. The summed E-state index contributed by atoms with van der Waals surface area (Å²) >= 11 is 0. The maximum Gasteiger partial charge on any atom is 0.239 e. The summed E-state index contributed by atoms with van der Waals surface area (Å²) < 4.78 is 5.59. The van der Waals surface area contributed by atoms with E-state index in [9.17, 15) is 4.79 Å². The van der Waals surface area contributed by atoms with Crippen LogP contribution in [0.3, 0.4) is 0 Å². The molecular weight excluding hydrogens is 216 g/mol. The third-order valence-electron chi connectivity index (χ3n) is 3.28. The first-order chi connectivity index (χ1) is 8.19. The number of likely N-dealkylation sites (tertiary alicyclic amines) is 1. The number of nitrogens with two attached hydrogens (primary N) is 1. The van der Waals surface area contributed by atoms with Gasteiger partial charge in [-0.2, -0.15) is 0 Å². The number of unbranched alkanes of at least 4 members (excludes halogenated alkanes) is 1. The number of nitrogens with zero attached hydrogens (tertiary/aromatic N) is 1. The van der Waals surface area contributed by atoms with Gasteiger partial charge in [-0.3, -0.25) is 4.79 Å². The van der Waals surface area contributed by atoms with Gasteiger partial charge >= 0.3 is 0 Å². The van der Waals surface area contributed by atoms with Crippen molar-refractivity contribution in [2.45, 2.75) is 58.1 Å². The quantitative estimate of drug-likeness (QED) is 0.768. The van der Waals surface area contributed by atoms with E-state index in [0.29, 0.717) is 13.2 Å². The van der Waals surface area contributed by atoms with Gasteiger partial charge in [0, 0.05) is 19.7 Å². The molecule has 1 saturated heterocycles. The lowest BCUT2D eigenvalue weighted by Crippen LogP contribution is -2.49. The van der Waals surface area contributed by atoms with Crippen molar-refractivity contribution in [2.75, 3.05) is 19.7 Å². The summed E-state index contributed by atoms with van der Waals surface area (Å²) in [5.74, 6) is 0.0999. The average molecular weight is 242 g/mol. The number of carbonyl (C=O) groups is 1. The highest BCUT2D eigenvalue weighted by Crippen LogP contribution is 2.14. The molecule has 0 aliphatic carbocycles. The Balaban J connectivity index is 2.39. The van der Waals surface area contributed by atoms with Gasteiger partial charge in [-0.05, 0) is 26.2 Å². The predicted octanol–water partition coefficient (Wildman–Crippen LogP) is 1.53. The van der Waals surface area contributed by atoms with Gasteiger partial charge in [-0.25, -0.2) is 0 Å². The van der Waals surface area contributed by atoms with Crippen LogP contribution in [-0.2, 0) is 9.53 Å². The van der Waals surface area contributed by atoms with Gasteiger partial charge in [-0.1, -0.05) is 19.8 Å². The monoisotopic (exact) mass is 242 g/mol. The van der Waals surface area contributed by atoms with Crippen molar-refractivity contribution in [1.29, 1.82) is 0 Å². The van der Waals surface area contributed by atoms with Crippen molar-refractivity contribution in [3.05, 3.63) is 0 Å². The Bertz CT molecular complexity index is 231. The molecule has 1 rings (SSSR count). The summed E-state index contributed by atoms with van der Waals surface area (Å²) in [5, 5.41) is 0. The van der Waals surface area contributed by atoms with Crippen LogP contribution < -0.4 is 5.73 Å². The number of piperidine rings is 1. The lowest BCUT2D eigenvalue weighted by atomic mass is 10.0.